The number of alkyl halides is 2. The molecule has 0 bridgehead atoms. The van der Waals surface area contributed by atoms with E-state index in [0.717, 1.165) is 63.6 Å². The normalized spacial score (nSPS) is 24.5. The number of ketones is 1. The molecule has 348 valence electrons. The van der Waals surface area contributed by atoms with E-state index in [4.69, 9.17) is 43.9 Å². The van der Waals surface area contributed by atoms with Crippen molar-refractivity contribution in [2.24, 2.45) is 29.4 Å². The predicted molar refractivity (Wildman–Crippen MR) is 239 cm³/mol. The van der Waals surface area contributed by atoms with Gasteiger partial charge in [-0.3, -0.25) is 29.3 Å². The number of nitrogens with zero attached hydrogens (tertiary/aromatic N) is 2. The minimum Gasteiger partial charge on any atom is -0.503 e. The zero-order valence-electron chi connectivity index (χ0n) is 36.2. The fourth-order valence-electron chi connectivity index (χ4n) is 8.81. The number of fused-ring (bicyclic) bond motifs is 4. The van der Waals surface area contributed by atoms with Gasteiger partial charge in [-0.05, 0) is 101 Å². The molecule has 1 amide bonds. The van der Waals surface area contributed by atoms with Crippen molar-refractivity contribution in [1.29, 1.82) is 0 Å². The fraction of sp³-hybridized carbons (Fsp3) is 0.659. The Balaban J connectivity index is 0.000000282. The maximum absolute atomic E-state index is 13.9. The molecule has 6 N–H and O–H groups in total. The molecule has 4 fully saturated rings. The molecule has 1 aromatic carbocycles. The van der Waals surface area contributed by atoms with Gasteiger partial charge in [-0.1, -0.05) is 32.3 Å². The van der Waals surface area contributed by atoms with Crippen LogP contribution in [0.1, 0.15) is 125 Å². The lowest BCUT2D eigenvalue weighted by Crippen LogP contribution is -2.65. The van der Waals surface area contributed by atoms with E-state index in [1.165, 1.54) is 29.4 Å². The molecular formula is C44H65Cl2F2N4O9P. The van der Waals surface area contributed by atoms with Crippen LogP contribution >= 0.6 is 32.4 Å². The van der Waals surface area contributed by atoms with Crippen LogP contribution in [0.15, 0.2) is 29.2 Å². The summed E-state index contributed by atoms with van der Waals surface area (Å²) in [5.41, 5.74) is 4.05. The third kappa shape index (κ3) is 14.9. The molecule has 5 aliphatic rings. The zero-order valence-corrected chi connectivity index (χ0v) is 38.9. The molecule has 7 rings (SSSR count). The SMILES string of the molecule is CC(C)(C)OC(=O)C[C@H]1CCC[C@H]1C(=O)O.CCP.ClCCl.N[C@H]1CCC[C@H]1CO.O=C(CCc1ccc(F)cc1F)c1cn2c(c(O)c1=O)C(=O)N1[C@@H](C2)NC[C@@H]2CCC[C@@H]21. The summed E-state index contributed by atoms with van der Waals surface area (Å²) in [6.07, 6.45) is 11.0. The van der Waals surface area contributed by atoms with E-state index in [9.17, 15) is 37.9 Å². The number of carbonyl (C=O) groups is 4. The van der Waals surface area contributed by atoms with Crippen LogP contribution in [0.2, 0.25) is 0 Å². The number of aliphatic carboxylic acids is 1. The Bertz CT molecular complexity index is 1880. The first-order valence-corrected chi connectivity index (χ1v) is 23.3. The highest BCUT2D eigenvalue weighted by molar-refractivity contribution is 7.16. The van der Waals surface area contributed by atoms with Crippen molar-refractivity contribution < 1.29 is 48.0 Å². The second-order valence-electron chi connectivity index (χ2n) is 17.2. The molecule has 3 heterocycles. The van der Waals surface area contributed by atoms with Gasteiger partial charge >= 0.3 is 11.9 Å². The van der Waals surface area contributed by atoms with E-state index >= 15 is 0 Å². The Morgan fingerprint density at radius 1 is 1.02 bits per heavy atom. The third-order valence-electron chi connectivity index (χ3n) is 11.7. The van der Waals surface area contributed by atoms with Crippen molar-refractivity contribution >= 4 is 56.1 Å². The van der Waals surface area contributed by atoms with Crippen LogP contribution in [0.3, 0.4) is 0 Å². The molecular weight excluding hydrogens is 868 g/mol. The molecule has 2 aromatic rings. The van der Waals surface area contributed by atoms with Crippen molar-refractivity contribution in [2.45, 2.75) is 135 Å². The number of nitrogens with two attached hydrogens (primary N) is 1. The third-order valence-corrected chi connectivity index (χ3v) is 11.7. The van der Waals surface area contributed by atoms with E-state index in [2.05, 4.69) is 21.5 Å². The van der Waals surface area contributed by atoms with Gasteiger partial charge in [-0.25, -0.2) is 8.78 Å². The lowest BCUT2D eigenvalue weighted by Gasteiger charge is -2.47. The predicted octanol–water partition coefficient (Wildman–Crippen LogP) is 6.83. The summed E-state index contributed by atoms with van der Waals surface area (Å²) in [6.45, 7) is 8.92. The Hall–Kier alpha value is -3.20. The number of ether oxygens (including phenoxy) is 1. The molecule has 62 heavy (non-hydrogen) atoms. The number of pyridine rings is 1. The summed E-state index contributed by atoms with van der Waals surface area (Å²) >= 11 is 9.53. The second-order valence-corrected chi connectivity index (χ2v) is 18.9. The molecule has 0 spiro atoms. The number of aromatic nitrogens is 1. The standard InChI is InChI=1S/C23H23F2N3O4.C12H20O4.C6H13NO.C2H7P.CH2Cl2/c24-14-6-4-12(16(25)8-14)5-7-18(29)15-10-27-11-19-26-9-13-2-1-3-17(13)28(19)23(32)20(27)22(31)21(15)30;1-12(2,3)16-10(13)7-8-5-4-6-9(8)11(14)15;7-6-3-1-2-5(6)4-8;1-2-3;2-1-3/h4,6,8,10,13,17,19,26,31H,1-3,5,7,9,11H2;8-9H,4-7H2,1-3H3,(H,14,15);5-6,8H,1-4,7H2;2-3H2,1H3;1H2/t13-,17-,19-;8-,9-;5-,6-;;/m010../s1. The van der Waals surface area contributed by atoms with Crippen LogP contribution in [0.5, 0.6) is 5.75 Å². The second kappa shape index (κ2) is 25.3. The molecule has 1 aromatic heterocycles. The molecule has 3 saturated carbocycles. The van der Waals surface area contributed by atoms with Gasteiger partial charge in [-0.15, -0.1) is 32.4 Å². The Kier molecular flexibility index (Phi) is 21.7. The van der Waals surface area contributed by atoms with Gasteiger partial charge in [0.1, 0.15) is 23.4 Å². The van der Waals surface area contributed by atoms with Gasteiger partial charge in [-0.2, -0.15) is 0 Å². The smallest absolute Gasteiger partial charge is 0.306 e. The summed E-state index contributed by atoms with van der Waals surface area (Å²) < 4.78 is 33.6. The van der Waals surface area contributed by atoms with Crippen LogP contribution in [0, 0.1) is 35.3 Å². The Morgan fingerprint density at radius 3 is 2.21 bits per heavy atom. The number of aliphatic hydroxyl groups excluding tert-OH is 1. The van der Waals surface area contributed by atoms with E-state index in [1.807, 2.05) is 20.8 Å². The number of hydrogen-bond acceptors (Lipinski definition) is 10. The van der Waals surface area contributed by atoms with Gasteiger partial charge < -0.3 is 35.3 Å². The number of hydrogen-bond donors (Lipinski definition) is 5. The van der Waals surface area contributed by atoms with E-state index in [1.54, 1.807) is 4.90 Å². The number of amides is 1. The molecule has 8 atom stereocenters. The summed E-state index contributed by atoms with van der Waals surface area (Å²) in [5.74, 6) is -3.92. The average Bonchev–Trinajstić information content (AvgIpc) is 3.97. The van der Waals surface area contributed by atoms with Crippen LogP contribution in [0.25, 0.3) is 0 Å². The van der Waals surface area contributed by atoms with Crippen LogP contribution in [-0.2, 0) is 27.3 Å². The number of carboxylic acid groups (broad SMARTS) is 1. The number of Topliss-reactive ketones (excluding diaryl/α,β-unsaturated/α-hetero) is 1. The van der Waals surface area contributed by atoms with Crippen molar-refractivity contribution in [3.63, 3.8) is 0 Å². The largest absolute Gasteiger partial charge is 0.503 e. The number of aliphatic hydroxyl groups is 1. The van der Waals surface area contributed by atoms with E-state index in [0.29, 0.717) is 24.8 Å². The average molecular weight is 934 g/mol. The number of halogens is 4. The van der Waals surface area contributed by atoms with E-state index in [-0.39, 0.29) is 84.1 Å². The van der Waals surface area contributed by atoms with E-state index < -0.39 is 46.1 Å². The molecule has 13 nitrogen and oxygen atoms in total. The van der Waals surface area contributed by atoms with Crippen molar-refractivity contribution in [3.8, 4) is 5.75 Å². The van der Waals surface area contributed by atoms with Gasteiger partial charge in [0.2, 0.25) is 5.43 Å². The first-order valence-electron chi connectivity index (χ1n) is 21.4. The fourth-order valence-corrected chi connectivity index (χ4v) is 8.81. The molecule has 2 aliphatic heterocycles. The Labute approximate surface area is 375 Å². The van der Waals surface area contributed by atoms with Crippen molar-refractivity contribution in [2.75, 3.05) is 24.7 Å². The molecule has 1 unspecified atom stereocenters. The van der Waals surface area contributed by atoms with Gasteiger partial charge in [0.15, 0.2) is 17.2 Å². The maximum Gasteiger partial charge on any atom is 0.306 e. The first kappa shape index (κ1) is 53.1. The number of benzene rings is 1. The number of carboxylic acids is 1. The first-order chi connectivity index (χ1) is 29.3. The molecule has 3 aliphatic carbocycles. The number of aromatic hydroxyl groups is 1. The molecule has 0 radical (unpaired) electrons. The Morgan fingerprint density at radius 2 is 1.65 bits per heavy atom. The monoisotopic (exact) mass is 932 g/mol. The summed E-state index contributed by atoms with van der Waals surface area (Å²) in [4.78, 5) is 63.0. The lowest BCUT2D eigenvalue weighted by molar-refractivity contribution is -0.156. The lowest BCUT2D eigenvalue weighted by atomic mass is 9.93. The zero-order chi connectivity index (χ0) is 46.3. The quantitative estimate of drug-likeness (QED) is 0.0804. The van der Waals surface area contributed by atoms with Crippen LogP contribution in [-0.4, -0.2) is 96.9 Å². The van der Waals surface area contributed by atoms with Crippen LogP contribution in [0.4, 0.5) is 8.78 Å². The number of nitrogens with one attached hydrogen (secondary N) is 1. The minimum atomic E-state index is -0.902. The minimum absolute atomic E-state index is 0.0210. The topological polar surface area (TPSA) is 201 Å². The summed E-state index contributed by atoms with van der Waals surface area (Å²) in [7, 11) is 2.58. The summed E-state index contributed by atoms with van der Waals surface area (Å²) in [6, 6.07) is 3.46. The van der Waals surface area contributed by atoms with Gasteiger partial charge in [0.25, 0.3) is 5.91 Å². The van der Waals surface area contributed by atoms with Gasteiger partial charge in [0.05, 0.1) is 23.4 Å². The molecule has 1 saturated heterocycles. The van der Waals surface area contributed by atoms with Gasteiger partial charge in [0, 0.05) is 50.3 Å². The molecule has 18 heteroatoms. The maximum atomic E-state index is 13.9. The van der Waals surface area contributed by atoms with Crippen molar-refractivity contribution in [1.82, 2.24) is 14.8 Å². The van der Waals surface area contributed by atoms with Crippen LogP contribution < -0.4 is 16.5 Å². The summed E-state index contributed by atoms with van der Waals surface area (Å²) in [5, 5.41) is 31.8. The number of esters is 1. The number of carbonyl (C=O) groups excluding carboxylic acids is 3. The highest BCUT2D eigenvalue weighted by atomic mass is 35.5. The highest BCUT2D eigenvalue weighted by Crippen LogP contribution is 2.38. The van der Waals surface area contributed by atoms with Crippen molar-refractivity contribution in [3.05, 3.63) is 63.1 Å². The number of aryl methyl sites for hydroxylation is 1. The highest BCUT2D eigenvalue weighted by Gasteiger charge is 2.46. The number of rotatable bonds is 8.